The number of hydrogen-bond acceptors (Lipinski definition) is 1. The standard InChI is InChI=1S/C46H31BN2S/c1-45(2)31-19-8-5-13-25(31)36-33(45)23-30-24-16-11-17-28-37-41(26-14-6-9-20-32(26)46(37,3)4)49(39(24)28)47-34-21-12-18-29-40(34)48(43(36)38(30)47)42-27-15-7-10-22-35(27)50-44(29)42/h5-23H,1-4H3. The molecule has 0 atom stereocenters. The van der Waals surface area contributed by atoms with Crippen molar-refractivity contribution in [3.8, 4) is 39.2 Å². The number of hydrogen-bond donors (Lipinski definition) is 0. The second-order valence-corrected chi connectivity index (χ2v) is 17.1. The highest BCUT2D eigenvalue weighted by atomic mass is 32.1. The number of rotatable bonds is 0. The molecule has 0 fully saturated rings. The molecule has 2 aliphatic carbocycles. The molecule has 5 heterocycles. The van der Waals surface area contributed by atoms with Gasteiger partial charge in [-0.15, -0.1) is 11.3 Å². The molecular weight excluding hydrogens is 623 g/mol. The lowest BCUT2D eigenvalue weighted by Gasteiger charge is -2.36. The van der Waals surface area contributed by atoms with Gasteiger partial charge in [0.2, 0.25) is 0 Å². The number of fused-ring (bicyclic) bond motifs is 18. The normalized spacial score (nSPS) is 16.3. The van der Waals surface area contributed by atoms with Crippen LogP contribution in [0.3, 0.4) is 0 Å². The third kappa shape index (κ3) is 2.64. The number of aromatic nitrogens is 2. The zero-order chi connectivity index (χ0) is 33.0. The Morgan fingerprint density at radius 3 is 2.10 bits per heavy atom. The van der Waals surface area contributed by atoms with Gasteiger partial charge < -0.3 is 9.05 Å². The van der Waals surface area contributed by atoms with Gasteiger partial charge in [-0.3, -0.25) is 0 Å². The third-order valence-electron chi connectivity index (χ3n) is 13.1. The Kier molecular flexibility index (Phi) is 4.34. The van der Waals surface area contributed by atoms with E-state index >= 15 is 0 Å². The minimum Gasteiger partial charge on any atom is -0.375 e. The fraction of sp³-hybridized carbons (Fsp3) is 0.130. The van der Waals surface area contributed by atoms with Crippen LogP contribution in [0.25, 0.3) is 81.3 Å². The molecule has 0 N–H and O–H groups in total. The number of para-hydroxylation sites is 2. The SMILES string of the molecule is CC1(C)c2ccccc2-c2c1cc1c3c2-n2c4c(cccc4c4sc5ccccc5c42)B3n2c3c(c4cccc-1c42)C(C)(C)c1ccccc1-3. The summed E-state index contributed by atoms with van der Waals surface area (Å²) in [6, 6.07) is 44.3. The van der Waals surface area contributed by atoms with Crippen molar-refractivity contribution in [1.29, 1.82) is 0 Å². The van der Waals surface area contributed by atoms with Gasteiger partial charge in [0.1, 0.15) is 0 Å². The average molecular weight is 655 g/mol. The molecule has 2 aliphatic heterocycles. The smallest absolute Gasteiger partial charge is 0.333 e. The van der Waals surface area contributed by atoms with Gasteiger partial charge >= 0.3 is 6.85 Å². The molecule has 0 saturated heterocycles. The largest absolute Gasteiger partial charge is 0.375 e. The maximum atomic E-state index is 2.79. The van der Waals surface area contributed by atoms with Gasteiger partial charge in [0.05, 0.1) is 21.4 Å². The van der Waals surface area contributed by atoms with Gasteiger partial charge in [0, 0.05) is 59.6 Å². The first kappa shape index (κ1) is 26.5. The summed E-state index contributed by atoms with van der Waals surface area (Å²) in [5.74, 6) is 0. The number of benzene rings is 6. The molecule has 0 saturated carbocycles. The molecule has 0 spiro atoms. The second-order valence-electron chi connectivity index (χ2n) is 16.0. The van der Waals surface area contributed by atoms with E-state index in [1.165, 1.54) is 114 Å². The van der Waals surface area contributed by atoms with Crippen LogP contribution in [0.2, 0.25) is 0 Å². The van der Waals surface area contributed by atoms with Crippen molar-refractivity contribution in [3.63, 3.8) is 0 Å². The Balaban J connectivity index is 1.32. The maximum Gasteiger partial charge on any atom is 0.333 e. The topological polar surface area (TPSA) is 9.86 Å². The fourth-order valence-corrected chi connectivity index (χ4v) is 12.3. The molecular formula is C46H31BN2S. The van der Waals surface area contributed by atoms with Crippen LogP contribution in [0.15, 0.2) is 115 Å². The fourth-order valence-electron chi connectivity index (χ4n) is 11.1. The highest BCUT2D eigenvalue weighted by Crippen LogP contribution is 2.58. The molecule has 0 unspecified atom stereocenters. The molecule has 0 bridgehead atoms. The lowest BCUT2D eigenvalue weighted by Crippen LogP contribution is -2.55. The zero-order valence-corrected chi connectivity index (χ0v) is 29.2. The Bertz CT molecular complexity index is 3110. The van der Waals surface area contributed by atoms with Crippen LogP contribution >= 0.6 is 11.3 Å². The number of nitrogens with zero attached hydrogens (tertiary/aromatic N) is 2. The summed E-state index contributed by atoms with van der Waals surface area (Å²) in [5.41, 5.74) is 22.3. The van der Waals surface area contributed by atoms with Gasteiger partial charge in [0.25, 0.3) is 0 Å². The van der Waals surface area contributed by atoms with E-state index in [-0.39, 0.29) is 17.7 Å². The van der Waals surface area contributed by atoms with Gasteiger partial charge in [-0.1, -0.05) is 131 Å². The molecule has 3 aromatic heterocycles. The van der Waals surface area contributed by atoms with Gasteiger partial charge in [-0.05, 0) is 56.4 Å². The Morgan fingerprint density at radius 2 is 1.24 bits per heavy atom. The van der Waals surface area contributed by atoms with Crippen molar-refractivity contribution >= 4 is 71.2 Å². The summed E-state index contributed by atoms with van der Waals surface area (Å²) in [6.07, 6.45) is 0. The van der Waals surface area contributed by atoms with Gasteiger partial charge in [-0.2, -0.15) is 0 Å². The number of thiophene rings is 1. The molecule has 0 amide bonds. The molecule has 0 radical (unpaired) electrons. The van der Waals surface area contributed by atoms with E-state index < -0.39 is 0 Å². The van der Waals surface area contributed by atoms with E-state index in [0.29, 0.717) is 0 Å². The highest BCUT2D eigenvalue weighted by Gasteiger charge is 2.50. The lowest BCUT2D eigenvalue weighted by molar-refractivity contribution is 0.660. The van der Waals surface area contributed by atoms with Crippen LogP contribution in [0.1, 0.15) is 49.9 Å². The van der Waals surface area contributed by atoms with E-state index in [0.717, 1.165) is 0 Å². The van der Waals surface area contributed by atoms with Crippen molar-refractivity contribution in [2.75, 3.05) is 0 Å². The molecule has 50 heavy (non-hydrogen) atoms. The van der Waals surface area contributed by atoms with E-state index in [4.69, 9.17) is 0 Å². The summed E-state index contributed by atoms with van der Waals surface area (Å²) in [7, 11) is 0. The third-order valence-corrected chi connectivity index (χ3v) is 14.2. The van der Waals surface area contributed by atoms with Crippen molar-refractivity contribution in [2.24, 2.45) is 0 Å². The van der Waals surface area contributed by atoms with Crippen LogP contribution in [-0.4, -0.2) is 15.9 Å². The van der Waals surface area contributed by atoms with E-state index in [1.54, 1.807) is 0 Å². The van der Waals surface area contributed by atoms with Crippen molar-refractivity contribution in [1.82, 2.24) is 9.05 Å². The summed E-state index contributed by atoms with van der Waals surface area (Å²) < 4.78 is 8.25. The van der Waals surface area contributed by atoms with E-state index in [2.05, 4.69) is 152 Å². The summed E-state index contributed by atoms with van der Waals surface area (Å²) in [4.78, 5) is 0. The van der Waals surface area contributed by atoms with Crippen LogP contribution in [0, 0.1) is 0 Å². The van der Waals surface area contributed by atoms with E-state index in [1.807, 2.05) is 11.3 Å². The minimum absolute atomic E-state index is 0.0516. The van der Waals surface area contributed by atoms with Crippen molar-refractivity contribution < 1.29 is 0 Å². The lowest BCUT2D eigenvalue weighted by atomic mass is 9.45. The van der Waals surface area contributed by atoms with E-state index in [9.17, 15) is 0 Å². The van der Waals surface area contributed by atoms with Crippen molar-refractivity contribution in [3.05, 3.63) is 138 Å². The minimum atomic E-state index is -0.123. The predicted octanol–water partition coefficient (Wildman–Crippen LogP) is 10.5. The molecule has 2 nitrogen and oxygen atoms in total. The summed E-state index contributed by atoms with van der Waals surface area (Å²) >= 11 is 1.95. The predicted molar refractivity (Wildman–Crippen MR) is 213 cm³/mol. The first-order valence-corrected chi connectivity index (χ1v) is 18.7. The molecule has 13 rings (SSSR count). The van der Waals surface area contributed by atoms with Crippen LogP contribution in [0.4, 0.5) is 0 Å². The Morgan fingerprint density at radius 1 is 0.560 bits per heavy atom. The average Bonchev–Trinajstić information content (AvgIpc) is 3.89. The first-order valence-electron chi connectivity index (χ1n) is 17.9. The molecule has 234 valence electrons. The Labute approximate surface area is 294 Å². The van der Waals surface area contributed by atoms with Crippen LogP contribution < -0.4 is 10.9 Å². The van der Waals surface area contributed by atoms with Crippen molar-refractivity contribution in [2.45, 2.75) is 38.5 Å². The van der Waals surface area contributed by atoms with Gasteiger partial charge in [-0.25, -0.2) is 0 Å². The molecule has 9 aromatic rings. The maximum absolute atomic E-state index is 2.79. The highest BCUT2D eigenvalue weighted by molar-refractivity contribution is 7.26. The molecule has 4 heteroatoms. The Hall–Kier alpha value is -5.32. The van der Waals surface area contributed by atoms with Crippen LogP contribution in [0.5, 0.6) is 0 Å². The summed E-state index contributed by atoms with van der Waals surface area (Å²) in [6.45, 7) is 9.79. The molecule has 6 aromatic carbocycles. The molecule has 4 aliphatic rings. The summed E-state index contributed by atoms with van der Waals surface area (Å²) in [5, 5.41) is 4.11. The zero-order valence-electron chi connectivity index (χ0n) is 28.3. The second kappa shape index (κ2) is 8.17. The van der Waals surface area contributed by atoms with Gasteiger partial charge in [0.15, 0.2) is 0 Å². The first-order chi connectivity index (χ1) is 24.4. The van der Waals surface area contributed by atoms with Crippen LogP contribution in [-0.2, 0) is 10.8 Å². The quantitative estimate of drug-likeness (QED) is 0.144. The monoisotopic (exact) mass is 654 g/mol.